The Balaban J connectivity index is 2.02. The lowest BCUT2D eigenvalue weighted by molar-refractivity contribution is 0.0472. The number of rotatable bonds is 5. The van der Waals surface area contributed by atoms with Crippen molar-refractivity contribution in [3.8, 4) is 0 Å². The SMILES string of the molecule is CS(=O)Cc1cccc(C(=O)OCc2ccc(Cl)c(Cl)c2)c1. The Hall–Kier alpha value is -1.36. The number of hydrogen-bond donors (Lipinski definition) is 0. The number of carbonyl (C=O) groups is 1. The van der Waals surface area contributed by atoms with Crippen LogP contribution in [0.15, 0.2) is 42.5 Å². The topological polar surface area (TPSA) is 43.4 Å². The zero-order valence-electron chi connectivity index (χ0n) is 11.8. The second kappa shape index (κ2) is 7.77. The van der Waals surface area contributed by atoms with Gasteiger partial charge in [-0.15, -0.1) is 0 Å². The quantitative estimate of drug-likeness (QED) is 0.753. The molecule has 0 aliphatic rings. The molecule has 0 amide bonds. The molecule has 0 saturated heterocycles. The third kappa shape index (κ3) is 4.83. The lowest BCUT2D eigenvalue weighted by Gasteiger charge is -2.07. The maximum absolute atomic E-state index is 12.1. The van der Waals surface area contributed by atoms with E-state index >= 15 is 0 Å². The molecule has 1 atom stereocenters. The Morgan fingerprint density at radius 1 is 1.09 bits per heavy atom. The van der Waals surface area contributed by atoms with Gasteiger partial charge in [0.1, 0.15) is 6.61 Å². The standard InChI is InChI=1S/C16H14Cl2O3S/c1-22(20)10-12-3-2-4-13(7-12)16(19)21-9-11-5-6-14(17)15(18)8-11/h2-8H,9-10H2,1H3. The van der Waals surface area contributed by atoms with E-state index in [1.165, 1.54) is 0 Å². The van der Waals surface area contributed by atoms with Gasteiger partial charge in [-0.1, -0.05) is 41.4 Å². The Morgan fingerprint density at radius 2 is 1.86 bits per heavy atom. The average Bonchev–Trinajstić information content (AvgIpc) is 2.48. The summed E-state index contributed by atoms with van der Waals surface area (Å²) < 4.78 is 16.5. The van der Waals surface area contributed by atoms with Crippen LogP contribution in [0.5, 0.6) is 0 Å². The zero-order valence-corrected chi connectivity index (χ0v) is 14.2. The van der Waals surface area contributed by atoms with Gasteiger partial charge in [0.25, 0.3) is 0 Å². The molecular formula is C16H14Cl2O3S. The van der Waals surface area contributed by atoms with Gasteiger partial charge in [-0.2, -0.15) is 0 Å². The monoisotopic (exact) mass is 356 g/mol. The molecule has 0 N–H and O–H groups in total. The summed E-state index contributed by atoms with van der Waals surface area (Å²) in [6, 6.07) is 12.0. The fourth-order valence-corrected chi connectivity index (χ4v) is 2.85. The first-order chi connectivity index (χ1) is 10.5. The lowest BCUT2D eigenvalue weighted by Crippen LogP contribution is -2.06. The molecule has 0 aromatic heterocycles. The van der Waals surface area contributed by atoms with Gasteiger partial charge >= 0.3 is 5.97 Å². The molecule has 0 aliphatic heterocycles. The number of carbonyl (C=O) groups excluding carboxylic acids is 1. The van der Waals surface area contributed by atoms with E-state index in [0.717, 1.165) is 11.1 Å². The molecule has 2 rings (SSSR count). The van der Waals surface area contributed by atoms with Crippen molar-refractivity contribution in [2.75, 3.05) is 6.26 Å². The molecule has 0 aliphatic carbocycles. The third-order valence-electron chi connectivity index (χ3n) is 2.89. The van der Waals surface area contributed by atoms with Crippen LogP contribution in [0.1, 0.15) is 21.5 Å². The van der Waals surface area contributed by atoms with Gasteiger partial charge in [0.05, 0.1) is 15.6 Å². The van der Waals surface area contributed by atoms with Gasteiger partial charge in [-0.05, 0) is 35.4 Å². The average molecular weight is 357 g/mol. The predicted molar refractivity (Wildman–Crippen MR) is 89.8 cm³/mol. The Bertz CT molecular complexity index is 716. The normalized spacial score (nSPS) is 12.0. The number of halogens is 2. The van der Waals surface area contributed by atoms with Crippen LogP contribution in [-0.4, -0.2) is 16.4 Å². The van der Waals surface area contributed by atoms with Crippen LogP contribution >= 0.6 is 23.2 Å². The minimum Gasteiger partial charge on any atom is -0.457 e. The third-order valence-corrected chi connectivity index (χ3v) is 4.37. The summed E-state index contributed by atoms with van der Waals surface area (Å²) in [5.74, 6) is -0.0247. The summed E-state index contributed by atoms with van der Waals surface area (Å²) in [7, 11) is -0.956. The molecule has 116 valence electrons. The molecule has 0 radical (unpaired) electrons. The van der Waals surface area contributed by atoms with Crippen molar-refractivity contribution >= 4 is 40.0 Å². The van der Waals surface area contributed by atoms with Crippen molar-refractivity contribution in [2.24, 2.45) is 0 Å². The first-order valence-electron chi connectivity index (χ1n) is 6.45. The first kappa shape index (κ1) is 17.0. The zero-order chi connectivity index (χ0) is 16.1. The molecule has 22 heavy (non-hydrogen) atoms. The van der Waals surface area contributed by atoms with Crippen molar-refractivity contribution < 1.29 is 13.7 Å². The molecule has 0 spiro atoms. The van der Waals surface area contributed by atoms with Gasteiger partial charge in [0.2, 0.25) is 0 Å². The summed E-state index contributed by atoms with van der Waals surface area (Å²) in [5, 5.41) is 0.875. The fourth-order valence-electron chi connectivity index (χ4n) is 1.88. The molecule has 0 bridgehead atoms. The van der Waals surface area contributed by atoms with Crippen LogP contribution in [0.3, 0.4) is 0 Å². The minimum atomic E-state index is -0.956. The highest BCUT2D eigenvalue weighted by Crippen LogP contribution is 2.23. The van der Waals surface area contributed by atoms with Crippen molar-refractivity contribution in [2.45, 2.75) is 12.4 Å². The van der Waals surface area contributed by atoms with Crippen LogP contribution in [-0.2, 0) is 27.9 Å². The van der Waals surface area contributed by atoms with Gasteiger partial charge < -0.3 is 4.74 Å². The lowest BCUT2D eigenvalue weighted by atomic mass is 10.1. The summed E-state index contributed by atoms with van der Waals surface area (Å²) in [4.78, 5) is 12.1. The highest BCUT2D eigenvalue weighted by Gasteiger charge is 2.09. The maximum atomic E-state index is 12.1. The van der Waals surface area contributed by atoms with E-state index < -0.39 is 16.8 Å². The van der Waals surface area contributed by atoms with Crippen LogP contribution in [0.2, 0.25) is 10.0 Å². The first-order valence-corrected chi connectivity index (χ1v) is 8.94. The van der Waals surface area contributed by atoms with E-state index in [1.807, 2.05) is 6.07 Å². The highest BCUT2D eigenvalue weighted by atomic mass is 35.5. The Morgan fingerprint density at radius 3 is 2.55 bits per heavy atom. The minimum absolute atomic E-state index is 0.111. The largest absolute Gasteiger partial charge is 0.457 e. The maximum Gasteiger partial charge on any atom is 0.338 e. The fraction of sp³-hybridized carbons (Fsp3) is 0.188. The second-order valence-electron chi connectivity index (χ2n) is 4.74. The Kier molecular flexibility index (Phi) is 6.00. The van der Waals surface area contributed by atoms with E-state index in [-0.39, 0.29) is 6.61 Å². The highest BCUT2D eigenvalue weighted by molar-refractivity contribution is 7.83. The van der Waals surface area contributed by atoms with Crippen LogP contribution in [0, 0.1) is 0 Å². The molecule has 2 aromatic rings. The molecule has 0 heterocycles. The summed E-state index contributed by atoms with van der Waals surface area (Å²) in [6.45, 7) is 0.111. The van der Waals surface area contributed by atoms with Crippen molar-refractivity contribution in [3.05, 3.63) is 69.2 Å². The number of hydrogen-bond acceptors (Lipinski definition) is 3. The molecule has 0 fully saturated rings. The number of esters is 1. The molecule has 6 heteroatoms. The summed E-state index contributed by atoms with van der Waals surface area (Å²) in [5.41, 5.74) is 2.03. The van der Waals surface area contributed by atoms with E-state index in [2.05, 4.69) is 0 Å². The predicted octanol–water partition coefficient (Wildman–Crippen LogP) is 4.23. The van der Waals surface area contributed by atoms with Crippen LogP contribution < -0.4 is 0 Å². The molecule has 0 saturated carbocycles. The molecule has 1 unspecified atom stereocenters. The van der Waals surface area contributed by atoms with Gasteiger partial charge in [0.15, 0.2) is 0 Å². The van der Waals surface area contributed by atoms with E-state index in [1.54, 1.807) is 42.7 Å². The molecule has 3 nitrogen and oxygen atoms in total. The van der Waals surface area contributed by atoms with Crippen molar-refractivity contribution in [1.29, 1.82) is 0 Å². The van der Waals surface area contributed by atoms with Gasteiger partial charge in [-0.25, -0.2) is 4.79 Å². The molecule has 2 aromatic carbocycles. The molecular weight excluding hydrogens is 343 g/mol. The number of ether oxygens (including phenoxy) is 1. The number of benzene rings is 2. The van der Waals surface area contributed by atoms with E-state index in [4.69, 9.17) is 27.9 Å². The Labute approximate surface area is 141 Å². The summed E-state index contributed by atoms with van der Waals surface area (Å²) in [6.07, 6.45) is 1.62. The smallest absolute Gasteiger partial charge is 0.338 e. The van der Waals surface area contributed by atoms with E-state index in [9.17, 15) is 9.00 Å². The van der Waals surface area contributed by atoms with E-state index in [0.29, 0.717) is 21.4 Å². The van der Waals surface area contributed by atoms with Crippen molar-refractivity contribution in [3.63, 3.8) is 0 Å². The second-order valence-corrected chi connectivity index (χ2v) is 6.99. The van der Waals surface area contributed by atoms with Crippen molar-refractivity contribution in [1.82, 2.24) is 0 Å². The van der Waals surface area contributed by atoms with Crippen LogP contribution in [0.25, 0.3) is 0 Å². The van der Waals surface area contributed by atoms with Gasteiger partial charge in [0, 0.05) is 22.8 Å². The van der Waals surface area contributed by atoms with Gasteiger partial charge in [-0.3, -0.25) is 4.21 Å². The van der Waals surface area contributed by atoms with Crippen LogP contribution in [0.4, 0.5) is 0 Å². The summed E-state index contributed by atoms with van der Waals surface area (Å²) >= 11 is 11.7.